The molecule has 0 aromatic rings. The third-order valence-corrected chi connectivity index (χ3v) is 6.77. The largest absolute Gasteiger partial charge is 0.198 e. The average molecular weight is 322 g/mol. The van der Waals surface area contributed by atoms with Gasteiger partial charge in [-0.25, -0.2) is 0 Å². The van der Waals surface area contributed by atoms with Crippen LogP contribution in [0.15, 0.2) is 10.5 Å². The van der Waals surface area contributed by atoms with Gasteiger partial charge in [0.05, 0.1) is 29.5 Å². The quantitative estimate of drug-likeness (QED) is 0.633. The fraction of sp³-hybridized carbons (Fsp3) is 0.667. The van der Waals surface area contributed by atoms with E-state index in [0.717, 1.165) is 25.7 Å². The van der Waals surface area contributed by atoms with Crippen molar-refractivity contribution in [2.45, 2.75) is 38.5 Å². The molecule has 4 bridgehead atoms. The van der Waals surface area contributed by atoms with Crippen molar-refractivity contribution >= 4 is 12.6 Å². The van der Waals surface area contributed by atoms with Crippen LogP contribution in [0.25, 0.3) is 0 Å². The predicted octanol–water partition coefficient (Wildman–Crippen LogP) is 3.71. The van der Waals surface area contributed by atoms with Crippen LogP contribution < -0.4 is 0 Å². The molecule has 4 aliphatic carbocycles. The lowest BCUT2D eigenvalue weighted by Crippen LogP contribution is -2.57. The summed E-state index contributed by atoms with van der Waals surface area (Å²) in [6, 6.07) is 8.58. The molecule has 0 N–H and O–H groups in total. The first kappa shape index (κ1) is 15.9. The molecule has 0 spiro atoms. The molecule has 5 heteroatoms. The highest BCUT2D eigenvalue weighted by Crippen LogP contribution is 2.68. The molecule has 0 amide bonds. The molecule has 4 fully saturated rings. The first-order valence-electron chi connectivity index (χ1n) is 8.10. The van der Waals surface area contributed by atoms with Crippen molar-refractivity contribution in [2.24, 2.45) is 35.0 Å². The maximum atomic E-state index is 9.66. The number of rotatable bonds is 3. The van der Waals surface area contributed by atoms with Crippen molar-refractivity contribution in [3.63, 3.8) is 0 Å². The Morgan fingerprint density at radius 1 is 0.957 bits per heavy atom. The summed E-state index contributed by atoms with van der Waals surface area (Å²) in [5.74, 6) is 0.995. The SMILES string of the molecule is N#CC/C(=C(/S)C#N)C1(C(C#N)C#N)C2CC3CC(C2)CC1C3. The van der Waals surface area contributed by atoms with E-state index in [1.54, 1.807) is 0 Å². The number of nitriles is 4. The molecule has 0 saturated heterocycles. The molecule has 23 heavy (non-hydrogen) atoms. The van der Waals surface area contributed by atoms with E-state index < -0.39 is 11.3 Å². The van der Waals surface area contributed by atoms with Crippen LogP contribution in [0.3, 0.4) is 0 Å². The lowest BCUT2D eigenvalue weighted by molar-refractivity contribution is -0.0987. The second-order valence-corrected chi connectivity index (χ2v) is 7.65. The third kappa shape index (κ3) is 2.16. The van der Waals surface area contributed by atoms with E-state index in [-0.39, 0.29) is 23.2 Å². The van der Waals surface area contributed by atoms with E-state index in [9.17, 15) is 21.0 Å². The second-order valence-electron chi connectivity index (χ2n) is 7.20. The van der Waals surface area contributed by atoms with E-state index >= 15 is 0 Å². The Labute approximate surface area is 142 Å². The van der Waals surface area contributed by atoms with E-state index in [0.29, 0.717) is 17.4 Å². The van der Waals surface area contributed by atoms with Gasteiger partial charge in [-0.2, -0.15) is 21.0 Å². The maximum absolute atomic E-state index is 9.66. The fourth-order valence-corrected chi connectivity index (χ4v) is 6.21. The standard InChI is InChI=1S/C18H18N4S/c19-2-1-16(17(23)10-22)18(15(8-20)9-21)13-4-11-3-12(6-13)7-14(18)5-11/h11-15,23H,1,3-7H2/b17-16-. The lowest BCUT2D eigenvalue weighted by atomic mass is 9.40. The average Bonchev–Trinajstić information content (AvgIpc) is 2.55. The summed E-state index contributed by atoms with van der Waals surface area (Å²) in [5, 5.41) is 38.0. The molecule has 0 radical (unpaired) electrons. The highest BCUT2D eigenvalue weighted by atomic mass is 32.1. The molecule has 0 atom stereocenters. The molecule has 0 heterocycles. The van der Waals surface area contributed by atoms with Crippen molar-refractivity contribution < 1.29 is 0 Å². The fourth-order valence-electron chi connectivity index (χ4n) is 5.93. The van der Waals surface area contributed by atoms with Crippen molar-refractivity contribution in [1.29, 1.82) is 21.0 Å². The van der Waals surface area contributed by atoms with Gasteiger partial charge >= 0.3 is 0 Å². The highest BCUT2D eigenvalue weighted by Gasteiger charge is 2.62. The summed E-state index contributed by atoms with van der Waals surface area (Å²) in [6.45, 7) is 0. The summed E-state index contributed by atoms with van der Waals surface area (Å²) in [4.78, 5) is 0.231. The summed E-state index contributed by atoms with van der Waals surface area (Å²) >= 11 is 4.32. The lowest BCUT2D eigenvalue weighted by Gasteiger charge is -2.62. The first-order chi connectivity index (χ1) is 11.1. The Hall–Kier alpha value is -1.95. The minimum absolute atomic E-state index is 0.0780. The van der Waals surface area contributed by atoms with Crippen LogP contribution in [-0.2, 0) is 0 Å². The third-order valence-electron chi connectivity index (χ3n) is 6.40. The van der Waals surface area contributed by atoms with Crippen molar-refractivity contribution in [3.8, 4) is 24.3 Å². The Bertz CT molecular complexity index is 667. The molecule has 0 aromatic carbocycles. The molecule has 0 unspecified atom stereocenters. The zero-order chi connectivity index (χ0) is 16.6. The zero-order valence-corrected chi connectivity index (χ0v) is 13.8. The smallest absolute Gasteiger partial charge is 0.143 e. The Morgan fingerprint density at radius 3 is 1.87 bits per heavy atom. The van der Waals surface area contributed by atoms with Gasteiger partial charge in [0.25, 0.3) is 0 Å². The monoisotopic (exact) mass is 322 g/mol. The Balaban J connectivity index is 2.22. The maximum Gasteiger partial charge on any atom is 0.143 e. The normalized spacial score (nSPS) is 38.2. The van der Waals surface area contributed by atoms with Crippen molar-refractivity contribution in [2.75, 3.05) is 0 Å². The topological polar surface area (TPSA) is 95.2 Å². The minimum Gasteiger partial charge on any atom is -0.198 e. The van der Waals surface area contributed by atoms with Crippen LogP contribution in [0.4, 0.5) is 0 Å². The van der Waals surface area contributed by atoms with Crippen LogP contribution >= 0.6 is 12.6 Å². The highest BCUT2D eigenvalue weighted by molar-refractivity contribution is 7.84. The second kappa shape index (κ2) is 5.92. The van der Waals surface area contributed by atoms with Gasteiger partial charge < -0.3 is 0 Å². The van der Waals surface area contributed by atoms with Gasteiger partial charge in [-0.15, -0.1) is 12.6 Å². The number of hydrogen-bond donors (Lipinski definition) is 1. The first-order valence-corrected chi connectivity index (χ1v) is 8.55. The van der Waals surface area contributed by atoms with Crippen molar-refractivity contribution in [1.82, 2.24) is 0 Å². The molecule has 4 nitrogen and oxygen atoms in total. The summed E-state index contributed by atoms with van der Waals surface area (Å²) in [7, 11) is 0. The summed E-state index contributed by atoms with van der Waals surface area (Å²) in [6.07, 6.45) is 5.37. The number of nitrogens with zero attached hydrogens (tertiary/aromatic N) is 4. The molecular formula is C18H18N4S. The summed E-state index contributed by atoms with van der Waals surface area (Å²) < 4.78 is 0. The number of allylic oxidation sites excluding steroid dienone is 2. The van der Waals surface area contributed by atoms with Gasteiger partial charge in [0.15, 0.2) is 0 Å². The molecule has 4 rings (SSSR count). The molecule has 4 saturated carbocycles. The van der Waals surface area contributed by atoms with Crippen LogP contribution in [0.1, 0.15) is 38.5 Å². The van der Waals surface area contributed by atoms with Gasteiger partial charge in [0, 0.05) is 5.41 Å². The molecule has 4 aliphatic rings. The number of hydrogen-bond acceptors (Lipinski definition) is 5. The minimum atomic E-state index is -0.809. The van der Waals surface area contributed by atoms with E-state index in [2.05, 4.69) is 36.9 Å². The van der Waals surface area contributed by atoms with Gasteiger partial charge in [-0.05, 0) is 61.3 Å². The van der Waals surface area contributed by atoms with Gasteiger partial charge in [-0.3, -0.25) is 0 Å². The van der Waals surface area contributed by atoms with Crippen LogP contribution in [-0.4, -0.2) is 0 Å². The molecular weight excluding hydrogens is 304 g/mol. The Morgan fingerprint density at radius 2 is 1.48 bits per heavy atom. The van der Waals surface area contributed by atoms with E-state index in [1.165, 1.54) is 6.42 Å². The molecule has 0 aromatic heterocycles. The van der Waals surface area contributed by atoms with Crippen LogP contribution in [0, 0.1) is 80.3 Å². The van der Waals surface area contributed by atoms with Gasteiger partial charge in [0.2, 0.25) is 0 Å². The van der Waals surface area contributed by atoms with Gasteiger partial charge in [0.1, 0.15) is 12.0 Å². The van der Waals surface area contributed by atoms with Crippen LogP contribution in [0.5, 0.6) is 0 Å². The summed E-state index contributed by atoms with van der Waals surface area (Å²) in [5.41, 5.74) is -0.00726. The van der Waals surface area contributed by atoms with Crippen LogP contribution in [0.2, 0.25) is 0 Å². The van der Waals surface area contributed by atoms with Crippen molar-refractivity contribution in [3.05, 3.63) is 10.5 Å². The van der Waals surface area contributed by atoms with Gasteiger partial charge in [-0.1, -0.05) is 0 Å². The molecule has 116 valence electrons. The number of thiol groups is 1. The van der Waals surface area contributed by atoms with E-state index in [1.807, 2.05) is 0 Å². The predicted molar refractivity (Wildman–Crippen MR) is 86.0 cm³/mol. The zero-order valence-electron chi connectivity index (χ0n) is 12.9. The van der Waals surface area contributed by atoms with E-state index in [4.69, 9.17) is 0 Å². The molecule has 0 aliphatic heterocycles. The Kier molecular flexibility index (Phi) is 4.10.